The van der Waals surface area contributed by atoms with Gasteiger partial charge in [0, 0.05) is 0 Å². The molecule has 0 amide bonds. The zero-order chi connectivity index (χ0) is 12.6. The van der Waals surface area contributed by atoms with Crippen molar-refractivity contribution in [2.75, 3.05) is 0 Å². The van der Waals surface area contributed by atoms with Crippen LogP contribution in [-0.2, 0) is 0 Å². The first-order valence-corrected chi connectivity index (χ1v) is 10.0. The molecule has 0 heterocycles. The normalized spacial score (nSPS) is 11.4. The van der Waals surface area contributed by atoms with Crippen molar-refractivity contribution in [2.24, 2.45) is 0 Å². The molecule has 1 rings (SSSR count). The van der Waals surface area contributed by atoms with Gasteiger partial charge in [0.25, 0.3) is 0 Å². The first-order valence-electron chi connectivity index (χ1n) is 6.83. The third-order valence-corrected chi connectivity index (χ3v) is 7.02. The first-order chi connectivity index (χ1) is 8.17. The summed E-state index contributed by atoms with van der Waals surface area (Å²) in [5, 5.41) is 1.60. The Bertz CT molecular complexity index is 314. The number of hydrogen-bond acceptors (Lipinski definition) is 0. The van der Waals surface area contributed by atoms with Gasteiger partial charge in [-0.15, -0.1) is 6.58 Å². The second-order valence-corrected chi connectivity index (χ2v) is 10.3. The van der Waals surface area contributed by atoms with Crippen LogP contribution in [0.5, 0.6) is 0 Å². The Morgan fingerprint density at radius 2 is 1.65 bits per heavy atom. The quantitative estimate of drug-likeness (QED) is 0.353. The highest BCUT2D eigenvalue weighted by Gasteiger charge is 2.21. The molecule has 0 bridgehead atoms. The molecule has 0 fully saturated rings. The summed E-state index contributed by atoms with van der Waals surface area (Å²) in [7, 11) is -1.17. The fraction of sp³-hybridized carbons (Fsp3) is 0.500. The third-order valence-electron chi connectivity index (χ3n) is 3.52. The van der Waals surface area contributed by atoms with Crippen LogP contribution in [0.25, 0.3) is 0 Å². The van der Waals surface area contributed by atoms with Gasteiger partial charge in [-0.05, 0) is 12.8 Å². The van der Waals surface area contributed by atoms with E-state index in [-0.39, 0.29) is 0 Å². The van der Waals surface area contributed by atoms with Crippen molar-refractivity contribution in [3.63, 3.8) is 0 Å². The minimum absolute atomic E-state index is 1.17. The van der Waals surface area contributed by atoms with Crippen LogP contribution in [0.2, 0.25) is 19.1 Å². The van der Waals surface area contributed by atoms with E-state index in [4.69, 9.17) is 0 Å². The van der Waals surface area contributed by atoms with Crippen LogP contribution in [0.3, 0.4) is 0 Å². The topological polar surface area (TPSA) is 0 Å². The predicted octanol–water partition coefficient (Wildman–Crippen LogP) is 4.74. The molecule has 0 spiro atoms. The standard InChI is InChI=1S/C16H26Si/c1-4-5-6-7-8-12-15-17(2,3)16-13-10-9-11-14-16/h4,9-11,13-14H,1,5-8,12,15H2,2-3H3. The van der Waals surface area contributed by atoms with E-state index in [9.17, 15) is 0 Å². The molecule has 0 nitrogen and oxygen atoms in total. The highest BCUT2D eigenvalue weighted by molar-refractivity contribution is 6.89. The lowest BCUT2D eigenvalue weighted by molar-refractivity contribution is 0.671. The van der Waals surface area contributed by atoms with Crippen LogP contribution < -0.4 is 5.19 Å². The number of rotatable bonds is 8. The molecule has 1 aromatic carbocycles. The Hall–Kier alpha value is -0.823. The molecule has 0 unspecified atom stereocenters. The number of hydrogen-bond donors (Lipinski definition) is 0. The molecule has 0 saturated carbocycles. The number of allylic oxidation sites excluding steroid dienone is 1. The SMILES string of the molecule is C=CCCCCCC[Si](C)(C)c1ccccc1. The van der Waals surface area contributed by atoms with Gasteiger partial charge >= 0.3 is 0 Å². The Labute approximate surface area is 108 Å². The molecular formula is C16H26Si. The lowest BCUT2D eigenvalue weighted by Crippen LogP contribution is -2.40. The highest BCUT2D eigenvalue weighted by Crippen LogP contribution is 2.16. The fourth-order valence-corrected chi connectivity index (χ4v) is 4.76. The van der Waals surface area contributed by atoms with Crippen LogP contribution in [0.4, 0.5) is 0 Å². The molecule has 0 aliphatic heterocycles. The van der Waals surface area contributed by atoms with Gasteiger partial charge in [0.15, 0.2) is 0 Å². The second kappa shape index (κ2) is 7.49. The molecule has 1 aromatic rings. The van der Waals surface area contributed by atoms with E-state index in [0.29, 0.717) is 0 Å². The predicted molar refractivity (Wildman–Crippen MR) is 81.6 cm³/mol. The zero-order valence-electron chi connectivity index (χ0n) is 11.4. The minimum atomic E-state index is -1.17. The van der Waals surface area contributed by atoms with Crippen LogP contribution in [0.1, 0.15) is 32.1 Å². The van der Waals surface area contributed by atoms with E-state index in [1.54, 1.807) is 5.19 Å². The van der Waals surface area contributed by atoms with Crippen molar-refractivity contribution < 1.29 is 0 Å². The van der Waals surface area contributed by atoms with Gasteiger partial charge in [-0.25, -0.2) is 0 Å². The van der Waals surface area contributed by atoms with Gasteiger partial charge in [0.05, 0.1) is 8.07 Å². The molecular weight excluding hydrogens is 220 g/mol. The van der Waals surface area contributed by atoms with Gasteiger partial charge in [-0.2, -0.15) is 0 Å². The summed E-state index contributed by atoms with van der Waals surface area (Å²) in [5.74, 6) is 0. The average Bonchev–Trinajstić information content (AvgIpc) is 2.35. The minimum Gasteiger partial charge on any atom is -0.103 e. The molecule has 0 radical (unpaired) electrons. The lowest BCUT2D eigenvalue weighted by Gasteiger charge is -2.22. The van der Waals surface area contributed by atoms with Gasteiger partial charge in [-0.1, -0.05) is 80.0 Å². The zero-order valence-corrected chi connectivity index (χ0v) is 12.4. The van der Waals surface area contributed by atoms with Gasteiger partial charge in [0.2, 0.25) is 0 Å². The van der Waals surface area contributed by atoms with E-state index >= 15 is 0 Å². The maximum atomic E-state index is 3.76. The summed E-state index contributed by atoms with van der Waals surface area (Å²) in [6.45, 7) is 8.75. The van der Waals surface area contributed by atoms with Crippen LogP contribution in [0.15, 0.2) is 43.0 Å². The van der Waals surface area contributed by atoms with E-state index in [1.807, 2.05) is 6.08 Å². The highest BCUT2D eigenvalue weighted by atomic mass is 28.3. The summed E-state index contributed by atoms with van der Waals surface area (Å²) in [5.41, 5.74) is 0. The van der Waals surface area contributed by atoms with Crippen molar-refractivity contribution in [3.05, 3.63) is 43.0 Å². The number of benzene rings is 1. The van der Waals surface area contributed by atoms with Crippen LogP contribution in [0, 0.1) is 0 Å². The Morgan fingerprint density at radius 1 is 1.00 bits per heavy atom. The van der Waals surface area contributed by atoms with Gasteiger partial charge in [0.1, 0.15) is 0 Å². The van der Waals surface area contributed by atoms with Crippen molar-refractivity contribution in [3.8, 4) is 0 Å². The summed E-state index contributed by atoms with van der Waals surface area (Å²) in [4.78, 5) is 0. The van der Waals surface area contributed by atoms with E-state index in [0.717, 1.165) is 0 Å². The molecule has 17 heavy (non-hydrogen) atoms. The first kappa shape index (κ1) is 14.2. The fourth-order valence-electron chi connectivity index (χ4n) is 2.24. The Balaban J connectivity index is 2.28. The van der Waals surface area contributed by atoms with Crippen LogP contribution in [-0.4, -0.2) is 8.07 Å². The van der Waals surface area contributed by atoms with Gasteiger partial charge in [-0.3, -0.25) is 0 Å². The molecule has 1 heteroatoms. The molecule has 0 aliphatic rings. The van der Waals surface area contributed by atoms with Gasteiger partial charge < -0.3 is 0 Å². The summed E-state index contributed by atoms with van der Waals surface area (Å²) in [6, 6.07) is 12.5. The monoisotopic (exact) mass is 246 g/mol. The average molecular weight is 246 g/mol. The van der Waals surface area contributed by atoms with E-state index < -0.39 is 8.07 Å². The van der Waals surface area contributed by atoms with E-state index in [1.165, 1.54) is 38.1 Å². The number of unbranched alkanes of at least 4 members (excludes halogenated alkanes) is 4. The molecule has 0 saturated heterocycles. The van der Waals surface area contributed by atoms with Crippen molar-refractivity contribution >= 4 is 13.3 Å². The second-order valence-electron chi connectivity index (χ2n) is 5.49. The van der Waals surface area contributed by atoms with Crippen molar-refractivity contribution in [1.82, 2.24) is 0 Å². The van der Waals surface area contributed by atoms with Crippen LogP contribution >= 0.6 is 0 Å². The molecule has 0 aliphatic carbocycles. The smallest absolute Gasteiger partial charge is 0.0806 e. The van der Waals surface area contributed by atoms with E-state index in [2.05, 4.69) is 50.0 Å². The summed E-state index contributed by atoms with van der Waals surface area (Å²) in [6.07, 6.45) is 8.67. The summed E-state index contributed by atoms with van der Waals surface area (Å²) < 4.78 is 0. The molecule has 0 aromatic heterocycles. The maximum absolute atomic E-state index is 3.76. The Morgan fingerprint density at radius 3 is 2.29 bits per heavy atom. The maximum Gasteiger partial charge on any atom is 0.0806 e. The Kier molecular flexibility index (Phi) is 6.28. The third kappa shape index (κ3) is 5.36. The summed E-state index contributed by atoms with van der Waals surface area (Å²) >= 11 is 0. The molecule has 0 atom stereocenters. The van der Waals surface area contributed by atoms with Crippen molar-refractivity contribution in [1.29, 1.82) is 0 Å². The lowest BCUT2D eigenvalue weighted by atomic mass is 10.1. The van der Waals surface area contributed by atoms with Crippen molar-refractivity contribution in [2.45, 2.75) is 51.2 Å². The molecule has 0 N–H and O–H groups in total. The molecule has 94 valence electrons. The largest absolute Gasteiger partial charge is 0.103 e.